The fourth-order valence-corrected chi connectivity index (χ4v) is 3.03. The van der Waals surface area contributed by atoms with E-state index < -0.39 is 23.2 Å². The minimum absolute atomic E-state index is 0.199. The number of hydrogen-bond acceptors (Lipinski definition) is 3. The van der Waals surface area contributed by atoms with Gasteiger partial charge < -0.3 is 10.6 Å². The van der Waals surface area contributed by atoms with E-state index in [0.717, 1.165) is 12.1 Å². The van der Waals surface area contributed by atoms with Gasteiger partial charge in [0.2, 0.25) is 0 Å². The average Bonchev–Trinajstić information content (AvgIpc) is 3.17. The van der Waals surface area contributed by atoms with Gasteiger partial charge in [0.15, 0.2) is 0 Å². The lowest BCUT2D eigenvalue weighted by Crippen LogP contribution is -2.20. The third-order valence-electron chi connectivity index (χ3n) is 3.65. The fraction of sp³-hybridized carbons (Fsp3) is 0.0526. The number of amides is 2. The van der Waals surface area contributed by atoms with Crippen molar-refractivity contribution in [3.8, 4) is 0 Å². The molecule has 0 unspecified atom stereocenters. The van der Waals surface area contributed by atoms with E-state index in [9.17, 15) is 22.8 Å². The molecule has 1 aromatic heterocycles. The van der Waals surface area contributed by atoms with Crippen molar-refractivity contribution in [1.82, 2.24) is 0 Å². The van der Waals surface area contributed by atoms with Crippen LogP contribution >= 0.6 is 11.3 Å². The summed E-state index contributed by atoms with van der Waals surface area (Å²) in [7, 11) is 0. The Bertz CT molecular complexity index is 969. The Morgan fingerprint density at radius 2 is 1.37 bits per heavy atom. The number of carbonyl (C=O) groups is 2. The van der Waals surface area contributed by atoms with Crippen molar-refractivity contribution in [2.24, 2.45) is 0 Å². The summed E-state index contributed by atoms with van der Waals surface area (Å²) in [6.45, 7) is 0. The van der Waals surface area contributed by atoms with E-state index in [1.54, 1.807) is 35.7 Å². The molecule has 4 nitrogen and oxygen atoms in total. The third kappa shape index (κ3) is 4.35. The number of carbonyl (C=O) groups excluding carboxylic acids is 2. The Hall–Kier alpha value is -3.13. The minimum Gasteiger partial charge on any atom is -0.320 e. The molecule has 0 spiro atoms. The molecule has 0 saturated heterocycles. The number of para-hydroxylation sites is 2. The van der Waals surface area contributed by atoms with Gasteiger partial charge in [0.05, 0.1) is 27.4 Å². The predicted octanol–water partition coefficient (Wildman–Crippen LogP) is 5.27. The van der Waals surface area contributed by atoms with Crippen molar-refractivity contribution in [2.75, 3.05) is 10.6 Å². The maximum Gasteiger partial charge on any atom is 0.417 e. The highest BCUT2D eigenvalue weighted by Gasteiger charge is 2.34. The number of hydrogen-bond donors (Lipinski definition) is 2. The lowest BCUT2D eigenvalue weighted by atomic mass is 10.1. The minimum atomic E-state index is -4.65. The molecule has 1 heterocycles. The zero-order chi connectivity index (χ0) is 19.4. The first-order chi connectivity index (χ1) is 12.9. The van der Waals surface area contributed by atoms with Crippen LogP contribution in [0.4, 0.5) is 24.5 Å². The normalized spacial score (nSPS) is 11.1. The number of anilines is 2. The van der Waals surface area contributed by atoms with Crippen molar-refractivity contribution < 1.29 is 22.8 Å². The Balaban J connectivity index is 1.85. The van der Waals surface area contributed by atoms with Gasteiger partial charge in [0.25, 0.3) is 11.8 Å². The molecule has 0 saturated carbocycles. The Morgan fingerprint density at radius 1 is 0.778 bits per heavy atom. The van der Waals surface area contributed by atoms with Gasteiger partial charge in [-0.1, -0.05) is 30.3 Å². The number of rotatable bonds is 4. The van der Waals surface area contributed by atoms with Gasteiger partial charge in [0.1, 0.15) is 0 Å². The van der Waals surface area contributed by atoms with Crippen molar-refractivity contribution in [2.45, 2.75) is 6.18 Å². The highest BCUT2D eigenvalue weighted by atomic mass is 32.1. The fourth-order valence-electron chi connectivity index (χ4n) is 2.41. The molecule has 0 bridgehead atoms. The molecule has 138 valence electrons. The van der Waals surface area contributed by atoms with Crippen LogP contribution in [0.2, 0.25) is 0 Å². The van der Waals surface area contributed by atoms with Crippen LogP contribution in [-0.2, 0) is 6.18 Å². The largest absolute Gasteiger partial charge is 0.417 e. The van der Waals surface area contributed by atoms with E-state index in [4.69, 9.17) is 0 Å². The van der Waals surface area contributed by atoms with Gasteiger partial charge in [0, 0.05) is 0 Å². The first-order valence-electron chi connectivity index (χ1n) is 7.78. The first kappa shape index (κ1) is 18.7. The van der Waals surface area contributed by atoms with Crippen molar-refractivity contribution in [3.63, 3.8) is 0 Å². The monoisotopic (exact) mass is 390 g/mol. The van der Waals surface area contributed by atoms with Gasteiger partial charge in [-0.2, -0.15) is 13.2 Å². The van der Waals surface area contributed by atoms with Crippen molar-refractivity contribution in [3.05, 3.63) is 82.0 Å². The third-order valence-corrected chi connectivity index (χ3v) is 4.51. The number of benzene rings is 2. The summed E-state index contributed by atoms with van der Waals surface area (Å²) >= 11 is 1.25. The summed E-state index contributed by atoms with van der Waals surface area (Å²) < 4.78 is 39.4. The van der Waals surface area contributed by atoms with Gasteiger partial charge in [-0.15, -0.1) is 11.3 Å². The SMILES string of the molecule is O=C(Nc1ccccc1NC(=O)c1ccccc1C(F)(F)F)c1cccs1. The van der Waals surface area contributed by atoms with Crippen LogP contribution in [0.3, 0.4) is 0 Å². The highest BCUT2D eigenvalue weighted by Crippen LogP contribution is 2.32. The highest BCUT2D eigenvalue weighted by molar-refractivity contribution is 7.12. The second-order valence-corrected chi connectivity index (χ2v) is 6.42. The molecule has 0 aliphatic heterocycles. The molecule has 0 atom stereocenters. The molecular formula is C19H13F3N2O2S. The van der Waals surface area contributed by atoms with Crippen molar-refractivity contribution in [1.29, 1.82) is 0 Å². The molecule has 2 aromatic carbocycles. The summed E-state index contributed by atoms with van der Waals surface area (Å²) in [5, 5.41) is 6.84. The molecule has 0 radical (unpaired) electrons. The van der Waals surface area contributed by atoms with E-state index in [0.29, 0.717) is 4.88 Å². The molecule has 3 rings (SSSR count). The summed E-state index contributed by atoms with van der Waals surface area (Å²) in [6, 6.07) is 14.2. The lowest BCUT2D eigenvalue weighted by molar-refractivity contribution is -0.137. The molecule has 8 heteroatoms. The molecule has 0 fully saturated rings. The number of nitrogens with one attached hydrogen (secondary N) is 2. The molecule has 2 amide bonds. The zero-order valence-corrected chi connectivity index (χ0v) is 14.5. The smallest absolute Gasteiger partial charge is 0.320 e. The Labute approximate surface area is 156 Å². The van der Waals surface area contributed by atoms with Crippen LogP contribution in [0, 0.1) is 0 Å². The first-order valence-corrected chi connectivity index (χ1v) is 8.65. The topological polar surface area (TPSA) is 58.2 Å². The van der Waals surface area contributed by atoms with Gasteiger partial charge in [-0.25, -0.2) is 0 Å². The molecule has 0 aliphatic rings. The van der Waals surface area contributed by atoms with E-state index in [1.165, 1.54) is 29.5 Å². The maximum absolute atomic E-state index is 13.1. The van der Waals surface area contributed by atoms with Crippen LogP contribution in [0.15, 0.2) is 66.0 Å². The molecular weight excluding hydrogens is 377 g/mol. The van der Waals surface area contributed by atoms with Gasteiger partial charge in [-0.3, -0.25) is 9.59 Å². The van der Waals surface area contributed by atoms with E-state index >= 15 is 0 Å². The van der Waals surface area contributed by atoms with E-state index in [2.05, 4.69) is 10.6 Å². The van der Waals surface area contributed by atoms with Crippen LogP contribution in [0.5, 0.6) is 0 Å². The molecule has 2 N–H and O–H groups in total. The summed E-state index contributed by atoms with van der Waals surface area (Å²) in [4.78, 5) is 25.1. The molecule has 27 heavy (non-hydrogen) atoms. The Morgan fingerprint density at radius 3 is 1.96 bits per heavy atom. The van der Waals surface area contributed by atoms with Crippen LogP contribution in [0.1, 0.15) is 25.6 Å². The Kier molecular flexibility index (Phi) is 5.27. The number of halogens is 3. The molecule has 3 aromatic rings. The number of alkyl halides is 3. The van der Waals surface area contributed by atoms with Crippen LogP contribution < -0.4 is 10.6 Å². The summed E-state index contributed by atoms with van der Waals surface area (Å²) in [5.41, 5.74) is -1.04. The standard InChI is InChI=1S/C19H13F3N2O2S/c20-19(21,22)13-7-2-1-6-12(13)17(25)23-14-8-3-4-9-15(14)24-18(26)16-10-5-11-27-16/h1-11H,(H,23,25)(H,24,26). The van der Waals surface area contributed by atoms with Crippen molar-refractivity contribution >= 4 is 34.5 Å². The predicted molar refractivity (Wildman–Crippen MR) is 98.1 cm³/mol. The average molecular weight is 390 g/mol. The second kappa shape index (κ2) is 7.63. The summed E-state index contributed by atoms with van der Waals surface area (Å²) in [5.74, 6) is -1.29. The number of thiophene rings is 1. The zero-order valence-electron chi connectivity index (χ0n) is 13.7. The quantitative estimate of drug-likeness (QED) is 0.637. The molecule has 0 aliphatic carbocycles. The lowest BCUT2D eigenvalue weighted by Gasteiger charge is -2.15. The van der Waals surface area contributed by atoms with Gasteiger partial charge in [-0.05, 0) is 35.7 Å². The summed E-state index contributed by atoms with van der Waals surface area (Å²) in [6.07, 6.45) is -4.65. The second-order valence-electron chi connectivity index (χ2n) is 5.47. The van der Waals surface area contributed by atoms with Crippen LogP contribution in [0.25, 0.3) is 0 Å². The maximum atomic E-state index is 13.1. The van der Waals surface area contributed by atoms with Gasteiger partial charge >= 0.3 is 6.18 Å². The van der Waals surface area contributed by atoms with E-state index in [-0.39, 0.29) is 17.3 Å². The van der Waals surface area contributed by atoms with Crippen LogP contribution in [-0.4, -0.2) is 11.8 Å². The van der Waals surface area contributed by atoms with E-state index in [1.807, 2.05) is 0 Å².